The number of aryl methyl sites for hydroxylation is 1. The molecule has 0 amide bonds. The smallest absolute Gasteiger partial charge is 0.357 e. The number of carbonyl (C=O) groups is 1. The van der Waals surface area contributed by atoms with Crippen molar-refractivity contribution in [1.82, 2.24) is 35.1 Å². The third kappa shape index (κ3) is 6.70. The molecule has 0 aliphatic carbocycles. The van der Waals surface area contributed by atoms with Crippen LogP contribution in [-0.2, 0) is 28.0 Å². The van der Waals surface area contributed by atoms with Crippen LogP contribution in [0.25, 0.3) is 22.5 Å². The van der Waals surface area contributed by atoms with Gasteiger partial charge in [0.05, 0.1) is 16.0 Å². The Morgan fingerprint density at radius 2 is 1.88 bits per heavy atom. The molecule has 4 aromatic rings. The molecule has 0 saturated carbocycles. The quantitative estimate of drug-likeness (QED) is 0.264. The molecule has 11 heteroatoms. The summed E-state index contributed by atoms with van der Waals surface area (Å²) >= 11 is 0. The summed E-state index contributed by atoms with van der Waals surface area (Å²) in [5, 5.41) is 25.4. The summed E-state index contributed by atoms with van der Waals surface area (Å²) in [5.41, 5.74) is 1.27. The normalized spacial score (nSPS) is 15.4. The van der Waals surface area contributed by atoms with E-state index >= 15 is 0 Å². The largest absolute Gasteiger partial charge is 0.460 e. The van der Waals surface area contributed by atoms with Crippen molar-refractivity contribution in [2.75, 3.05) is 39.5 Å². The number of tetrazole rings is 1. The number of rotatable bonds is 11. The van der Waals surface area contributed by atoms with Crippen molar-refractivity contribution < 1.29 is 22.1 Å². The van der Waals surface area contributed by atoms with Gasteiger partial charge in [0.1, 0.15) is 23.7 Å². The van der Waals surface area contributed by atoms with Crippen LogP contribution in [0.1, 0.15) is 57.5 Å². The molecule has 2 N–H and O–H groups in total. The van der Waals surface area contributed by atoms with E-state index in [2.05, 4.69) is 30.5 Å². The second-order valence-electron chi connectivity index (χ2n) is 10.4. The molecule has 3 heterocycles. The van der Waals surface area contributed by atoms with Crippen molar-refractivity contribution in [1.29, 1.82) is 0 Å². The lowest BCUT2D eigenvalue weighted by Crippen LogP contribution is -2.38. The van der Waals surface area contributed by atoms with Crippen LogP contribution in [0.15, 0.2) is 48.5 Å². The number of nitrogens with zero attached hydrogens (tertiary/aromatic N) is 6. The van der Waals surface area contributed by atoms with E-state index in [0.29, 0.717) is 49.8 Å². The topological polar surface area (TPSA) is 131 Å². The van der Waals surface area contributed by atoms with E-state index in [0.717, 1.165) is 29.8 Å². The van der Waals surface area contributed by atoms with Gasteiger partial charge in [-0.05, 0) is 42.2 Å². The number of hydrogen-bond donors (Lipinski definition) is 2. The van der Waals surface area contributed by atoms with Gasteiger partial charge >= 0.3 is 5.97 Å². The lowest BCUT2D eigenvalue weighted by molar-refractivity contribution is 0.0182. The Labute approximate surface area is 242 Å². The number of ether oxygens (including phenoxy) is 2. The minimum Gasteiger partial charge on any atom is -0.460 e. The molecule has 1 saturated heterocycles. The molecule has 2 aromatic heterocycles. The zero-order chi connectivity index (χ0) is 30.6. The van der Waals surface area contributed by atoms with E-state index in [4.69, 9.17) is 9.47 Å². The first-order chi connectivity index (χ1) is 20.6. The third-order valence-corrected chi connectivity index (χ3v) is 6.89. The minimum atomic E-state index is -2.19. The number of aromatic nitrogens is 6. The first-order valence-electron chi connectivity index (χ1n) is 14.9. The summed E-state index contributed by atoms with van der Waals surface area (Å²) in [5.74, 6) is 0.0830. The Bertz CT molecular complexity index is 1530. The average molecular weight is 562 g/mol. The lowest BCUT2D eigenvalue weighted by atomic mass is 9.98. The van der Waals surface area contributed by atoms with Gasteiger partial charge in [0.2, 0.25) is 5.82 Å². The lowest BCUT2D eigenvalue weighted by Gasteiger charge is -2.26. The van der Waals surface area contributed by atoms with Crippen LogP contribution in [0.3, 0.4) is 0 Å². The standard InChI is InChI=1S/C30H37N7O4/c1-4-7-25-31-27(30(2,3)39)26(29(38)41-19-16-36-14-17-40-18-15-36)37(25)20-21-10-12-22(13-11-21)23-8-5-6-9-24(23)28-32-34-35-33-28/h5-6,8-13,39H,4,7,14-20H2,1-3H3,(H,32,33,34,35)/i20D2. The van der Waals surface area contributed by atoms with Gasteiger partial charge < -0.3 is 19.1 Å². The van der Waals surface area contributed by atoms with Crippen molar-refractivity contribution >= 4 is 5.97 Å². The molecule has 0 spiro atoms. The van der Waals surface area contributed by atoms with Gasteiger partial charge in [-0.15, -0.1) is 10.2 Å². The van der Waals surface area contributed by atoms with E-state index in [-0.39, 0.29) is 18.0 Å². The Kier molecular flexibility index (Phi) is 8.06. The van der Waals surface area contributed by atoms with Crippen LogP contribution in [-0.4, -0.2) is 85.6 Å². The second-order valence-corrected chi connectivity index (χ2v) is 10.4. The van der Waals surface area contributed by atoms with Gasteiger partial charge in [0, 0.05) is 38.1 Å². The summed E-state index contributed by atoms with van der Waals surface area (Å²) in [4.78, 5) is 20.4. The molecule has 2 aromatic carbocycles. The zero-order valence-corrected chi connectivity index (χ0v) is 23.6. The van der Waals surface area contributed by atoms with Crippen LogP contribution in [0.4, 0.5) is 0 Å². The fourth-order valence-electron chi connectivity index (χ4n) is 4.81. The molecule has 0 bridgehead atoms. The van der Waals surface area contributed by atoms with E-state index in [1.54, 1.807) is 12.1 Å². The average Bonchev–Trinajstić information content (AvgIpc) is 3.67. The number of aliphatic hydroxyl groups is 1. The Morgan fingerprint density at radius 3 is 2.54 bits per heavy atom. The van der Waals surface area contributed by atoms with Crippen LogP contribution < -0.4 is 0 Å². The van der Waals surface area contributed by atoms with Crippen molar-refractivity contribution in [2.24, 2.45) is 0 Å². The molecular weight excluding hydrogens is 522 g/mol. The second kappa shape index (κ2) is 12.7. The third-order valence-electron chi connectivity index (χ3n) is 6.89. The predicted octanol–water partition coefficient (Wildman–Crippen LogP) is 3.45. The number of H-pyrrole nitrogens is 1. The van der Waals surface area contributed by atoms with Crippen LogP contribution >= 0.6 is 0 Å². The van der Waals surface area contributed by atoms with E-state index in [1.807, 2.05) is 43.3 Å². The molecule has 1 aliphatic rings. The molecule has 0 atom stereocenters. The maximum Gasteiger partial charge on any atom is 0.357 e. The first kappa shape index (κ1) is 26.0. The highest BCUT2D eigenvalue weighted by molar-refractivity contribution is 5.89. The van der Waals surface area contributed by atoms with Crippen LogP contribution in [0, 0.1) is 0 Å². The number of esters is 1. The van der Waals surface area contributed by atoms with Crippen LogP contribution in [0.2, 0.25) is 0 Å². The van der Waals surface area contributed by atoms with Gasteiger partial charge in [0.15, 0.2) is 5.69 Å². The van der Waals surface area contributed by atoms with Crippen molar-refractivity contribution in [3.05, 3.63) is 71.3 Å². The number of imidazole rings is 1. The summed E-state index contributed by atoms with van der Waals surface area (Å²) in [6.07, 6.45) is 1.07. The Hall–Kier alpha value is -3.93. The van der Waals surface area contributed by atoms with Gasteiger partial charge in [-0.2, -0.15) is 5.21 Å². The molecule has 41 heavy (non-hydrogen) atoms. The van der Waals surface area contributed by atoms with Gasteiger partial charge in [-0.25, -0.2) is 9.78 Å². The molecular formula is C30H37N7O4. The molecule has 0 unspecified atom stereocenters. The van der Waals surface area contributed by atoms with Gasteiger partial charge in [-0.1, -0.05) is 55.5 Å². The fourth-order valence-corrected chi connectivity index (χ4v) is 4.81. The summed E-state index contributed by atoms with van der Waals surface area (Å²) in [6.45, 7) is 6.25. The number of hydrogen-bond acceptors (Lipinski definition) is 9. The Morgan fingerprint density at radius 1 is 1.15 bits per heavy atom. The highest BCUT2D eigenvalue weighted by atomic mass is 16.5. The Balaban J connectivity index is 1.50. The van der Waals surface area contributed by atoms with Crippen LogP contribution in [0.5, 0.6) is 0 Å². The maximum absolute atomic E-state index is 13.6. The molecule has 1 aliphatic heterocycles. The van der Waals surface area contributed by atoms with E-state index < -0.39 is 18.1 Å². The van der Waals surface area contributed by atoms with Gasteiger partial charge in [0.25, 0.3) is 0 Å². The first-order valence-corrected chi connectivity index (χ1v) is 13.9. The number of nitrogens with one attached hydrogen (secondary N) is 1. The summed E-state index contributed by atoms with van der Waals surface area (Å²) in [6, 6.07) is 14.6. The molecule has 5 rings (SSSR count). The summed E-state index contributed by atoms with van der Waals surface area (Å²) < 4.78 is 30.9. The highest BCUT2D eigenvalue weighted by Gasteiger charge is 2.32. The summed E-state index contributed by atoms with van der Waals surface area (Å²) in [7, 11) is 0. The number of carbonyl (C=O) groups excluding carboxylic acids is 1. The molecule has 0 radical (unpaired) electrons. The zero-order valence-electron chi connectivity index (χ0n) is 25.6. The minimum absolute atomic E-state index is 0.0851. The highest BCUT2D eigenvalue weighted by Crippen LogP contribution is 2.31. The SMILES string of the molecule is [2H]C([2H])(c1ccc(-c2ccccc2-c2nn[nH]n2)cc1)n1c(CCC)nc(C(C)(C)O)c1C(=O)OCCN1CCOCC1. The van der Waals surface area contributed by atoms with E-state index in [1.165, 1.54) is 18.4 Å². The monoisotopic (exact) mass is 561 g/mol. The molecule has 1 fully saturated rings. The molecule has 216 valence electrons. The number of aromatic amines is 1. The van der Waals surface area contributed by atoms with Crippen molar-refractivity contribution in [3.63, 3.8) is 0 Å². The predicted molar refractivity (Wildman–Crippen MR) is 153 cm³/mol. The van der Waals surface area contributed by atoms with Gasteiger partial charge in [-0.3, -0.25) is 4.90 Å². The molecule has 11 nitrogen and oxygen atoms in total. The van der Waals surface area contributed by atoms with Crippen molar-refractivity contribution in [3.8, 4) is 22.5 Å². The fraction of sp³-hybridized carbons (Fsp3) is 0.433. The number of morpholine rings is 1. The number of benzene rings is 2. The maximum atomic E-state index is 13.6. The van der Waals surface area contributed by atoms with E-state index in [9.17, 15) is 12.6 Å². The van der Waals surface area contributed by atoms with Crippen molar-refractivity contribution in [2.45, 2.75) is 45.7 Å².